The molecule has 0 aromatic heterocycles. The Kier molecular flexibility index (Phi) is 9.34. The van der Waals surface area contributed by atoms with Crippen LogP contribution in [-0.4, -0.2) is 61.5 Å². The van der Waals surface area contributed by atoms with Crippen LogP contribution in [-0.2, 0) is 16.0 Å². The highest BCUT2D eigenvalue weighted by molar-refractivity contribution is 5.90. The second-order valence-electron chi connectivity index (χ2n) is 9.28. The van der Waals surface area contributed by atoms with E-state index < -0.39 is 6.04 Å². The number of likely N-dealkylation sites (tertiary alicyclic amines) is 1. The van der Waals surface area contributed by atoms with E-state index in [4.69, 9.17) is 0 Å². The number of hydrogen-bond donors (Lipinski definition) is 3. The largest absolute Gasteiger partial charge is 0.350 e. The molecule has 3 N–H and O–H groups in total. The van der Waals surface area contributed by atoms with Crippen molar-refractivity contribution in [3.63, 3.8) is 0 Å². The molecule has 1 heterocycles. The first-order valence-corrected chi connectivity index (χ1v) is 12.1. The first kappa shape index (κ1) is 23.7. The number of amides is 2. The first-order valence-electron chi connectivity index (χ1n) is 12.1. The summed E-state index contributed by atoms with van der Waals surface area (Å²) in [7, 11) is 1.77. The van der Waals surface area contributed by atoms with Crippen LogP contribution in [0.5, 0.6) is 0 Å². The minimum atomic E-state index is -0.421. The highest BCUT2D eigenvalue weighted by atomic mass is 16.2. The third-order valence-electron chi connectivity index (χ3n) is 6.93. The van der Waals surface area contributed by atoms with E-state index in [2.05, 4.69) is 51.2 Å². The Morgan fingerprint density at radius 3 is 2.52 bits per heavy atom. The number of aryl methyl sites for hydroxylation is 1. The van der Waals surface area contributed by atoms with Crippen LogP contribution in [0.15, 0.2) is 30.3 Å². The fourth-order valence-electron chi connectivity index (χ4n) is 4.87. The molecule has 31 heavy (non-hydrogen) atoms. The fourth-order valence-corrected chi connectivity index (χ4v) is 4.87. The van der Waals surface area contributed by atoms with E-state index >= 15 is 0 Å². The molecule has 3 atom stereocenters. The van der Waals surface area contributed by atoms with Gasteiger partial charge >= 0.3 is 0 Å². The summed E-state index contributed by atoms with van der Waals surface area (Å²) in [5, 5.41) is 9.28. The van der Waals surface area contributed by atoms with Gasteiger partial charge in [0.1, 0.15) is 6.04 Å². The van der Waals surface area contributed by atoms with Gasteiger partial charge in [-0.2, -0.15) is 0 Å². The molecule has 2 amide bonds. The molecule has 1 aromatic rings. The van der Waals surface area contributed by atoms with Gasteiger partial charge in [-0.05, 0) is 64.1 Å². The monoisotopic (exact) mass is 428 g/mol. The molecule has 6 nitrogen and oxygen atoms in total. The summed E-state index contributed by atoms with van der Waals surface area (Å²) < 4.78 is 0. The minimum Gasteiger partial charge on any atom is -0.350 e. The Morgan fingerprint density at radius 1 is 1.06 bits per heavy atom. The van der Waals surface area contributed by atoms with Gasteiger partial charge in [-0.3, -0.25) is 9.59 Å². The Labute approximate surface area is 187 Å². The molecule has 0 bridgehead atoms. The molecular weight excluding hydrogens is 388 g/mol. The van der Waals surface area contributed by atoms with E-state index in [1.807, 2.05) is 6.92 Å². The Balaban J connectivity index is 1.48. The second-order valence-corrected chi connectivity index (χ2v) is 9.28. The van der Waals surface area contributed by atoms with Gasteiger partial charge in [0.15, 0.2) is 0 Å². The van der Waals surface area contributed by atoms with Gasteiger partial charge in [0.05, 0.1) is 6.04 Å². The van der Waals surface area contributed by atoms with Gasteiger partial charge in [0.2, 0.25) is 11.8 Å². The van der Waals surface area contributed by atoms with Crippen LogP contribution in [0, 0.1) is 5.92 Å². The number of rotatable bonds is 10. The van der Waals surface area contributed by atoms with E-state index in [0.29, 0.717) is 0 Å². The zero-order valence-corrected chi connectivity index (χ0v) is 19.2. The summed E-state index contributed by atoms with van der Waals surface area (Å²) in [6.07, 6.45) is 8.75. The van der Waals surface area contributed by atoms with Gasteiger partial charge in [-0.25, -0.2) is 0 Å². The predicted molar refractivity (Wildman–Crippen MR) is 125 cm³/mol. The number of carbonyl (C=O) groups excluding carboxylic acids is 2. The van der Waals surface area contributed by atoms with Crippen molar-refractivity contribution in [2.75, 3.05) is 26.7 Å². The number of nitrogens with zero attached hydrogens (tertiary/aromatic N) is 1. The topological polar surface area (TPSA) is 73.5 Å². The lowest BCUT2D eigenvalue weighted by atomic mass is 9.83. The summed E-state index contributed by atoms with van der Waals surface area (Å²) >= 11 is 0. The molecule has 3 rings (SSSR count). The zero-order valence-electron chi connectivity index (χ0n) is 19.2. The van der Waals surface area contributed by atoms with E-state index in [0.717, 1.165) is 64.6 Å². The standard InChI is InChI=1S/C25H40N4O2/c1-19(26-2)24(30)28-23(21-13-7-4-8-14-21)25(31)27-22-15-17-29(18-22)16-9-12-20-10-5-3-6-11-20/h3,5-6,10-11,19,21-23,26H,4,7-9,12-18H2,1-2H3,(H,27,31)(H,28,30)/t19-,22-,23-/m0/s1. The van der Waals surface area contributed by atoms with Crippen molar-refractivity contribution in [3.05, 3.63) is 35.9 Å². The summed E-state index contributed by atoms with van der Waals surface area (Å²) in [6.45, 7) is 4.81. The van der Waals surface area contributed by atoms with Gasteiger partial charge in [-0.15, -0.1) is 0 Å². The van der Waals surface area contributed by atoms with Gasteiger partial charge in [-0.1, -0.05) is 49.6 Å². The van der Waals surface area contributed by atoms with Crippen LogP contribution in [0.2, 0.25) is 0 Å². The van der Waals surface area contributed by atoms with E-state index in [1.165, 1.54) is 12.0 Å². The quantitative estimate of drug-likeness (QED) is 0.535. The van der Waals surface area contributed by atoms with Crippen molar-refractivity contribution in [1.82, 2.24) is 20.9 Å². The van der Waals surface area contributed by atoms with E-state index in [1.54, 1.807) is 7.05 Å². The average Bonchev–Trinajstić information content (AvgIpc) is 3.24. The molecule has 1 saturated carbocycles. The lowest BCUT2D eigenvalue weighted by molar-refractivity contribution is -0.131. The maximum absolute atomic E-state index is 13.2. The summed E-state index contributed by atoms with van der Waals surface area (Å²) in [5.41, 5.74) is 1.38. The number of carbonyl (C=O) groups is 2. The number of nitrogens with one attached hydrogen (secondary N) is 3. The molecule has 2 fully saturated rings. The number of benzene rings is 1. The van der Waals surface area contributed by atoms with Crippen LogP contribution in [0.25, 0.3) is 0 Å². The Morgan fingerprint density at radius 2 is 1.81 bits per heavy atom. The fraction of sp³-hybridized carbons (Fsp3) is 0.680. The van der Waals surface area contributed by atoms with Crippen LogP contribution in [0.3, 0.4) is 0 Å². The van der Waals surface area contributed by atoms with E-state index in [9.17, 15) is 9.59 Å². The second kappa shape index (κ2) is 12.2. The molecule has 6 heteroatoms. The molecule has 1 aliphatic carbocycles. The van der Waals surface area contributed by atoms with E-state index in [-0.39, 0.29) is 29.8 Å². The Hall–Kier alpha value is -1.92. The van der Waals surface area contributed by atoms with Crippen molar-refractivity contribution < 1.29 is 9.59 Å². The van der Waals surface area contributed by atoms with Gasteiger partial charge in [0.25, 0.3) is 0 Å². The van der Waals surface area contributed by atoms with Gasteiger partial charge < -0.3 is 20.9 Å². The summed E-state index contributed by atoms with van der Waals surface area (Å²) in [5.74, 6) is 0.145. The summed E-state index contributed by atoms with van der Waals surface area (Å²) in [4.78, 5) is 28.1. The molecule has 0 spiro atoms. The zero-order chi connectivity index (χ0) is 22.1. The maximum atomic E-state index is 13.2. The lowest BCUT2D eigenvalue weighted by Gasteiger charge is -2.31. The smallest absolute Gasteiger partial charge is 0.243 e. The predicted octanol–water partition coefficient (Wildman–Crippen LogP) is 2.48. The van der Waals surface area contributed by atoms with Crippen molar-refractivity contribution in [3.8, 4) is 0 Å². The third kappa shape index (κ3) is 7.32. The maximum Gasteiger partial charge on any atom is 0.243 e. The van der Waals surface area contributed by atoms with Crippen molar-refractivity contribution in [1.29, 1.82) is 0 Å². The van der Waals surface area contributed by atoms with Crippen LogP contribution >= 0.6 is 0 Å². The van der Waals surface area contributed by atoms with Crippen molar-refractivity contribution in [2.45, 2.75) is 76.4 Å². The molecule has 1 saturated heterocycles. The lowest BCUT2D eigenvalue weighted by Crippen LogP contribution is -2.56. The molecule has 2 aliphatic rings. The molecular formula is C25H40N4O2. The highest BCUT2D eigenvalue weighted by Gasteiger charge is 2.34. The normalized spacial score (nSPS) is 22.1. The SMILES string of the molecule is CN[C@@H](C)C(=O)N[C@H](C(=O)N[C@H]1CCN(CCCc2ccccc2)C1)C1CCCCC1. The van der Waals surface area contributed by atoms with Gasteiger partial charge in [0, 0.05) is 19.1 Å². The minimum absolute atomic E-state index is 0.000288. The average molecular weight is 429 g/mol. The Bertz CT molecular complexity index is 690. The third-order valence-corrected chi connectivity index (χ3v) is 6.93. The van der Waals surface area contributed by atoms with Crippen LogP contribution in [0.1, 0.15) is 57.4 Å². The molecule has 172 valence electrons. The van der Waals surface area contributed by atoms with Crippen molar-refractivity contribution >= 4 is 11.8 Å². The molecule has 0 unspecified atom stereocenters. The van der Waals surface area contributed by atoms with Crippen LogP contribution < -0.4 is 16.0 Å². The number of hydrogen-bond acceptors (Lipinski definition) is 4. The molecule has 0 radical (unpaired) electrons. The van der Waals surface area contributed by atoms with Crippen molar-refractivity contribution in [2.24, 2.45) is 5.92 Å². The number of likely N-dealkylation sites (N-methyl/N-ethyl adjacent to an activating group) is 1. The summed E-state index contributed by atoms with van der Waals surface area (Å²) in [6, 6.07) is 10.1. The molecule has 1 aliphatic heterocycles. The molecule has 1 aromatic carbocycles. The first-order chi connectivity index (χ1) is 15.1. The van der Waals surface area contributed by atoms with Crippen LogP contribution in [0.4, 0.5) is 0 Å². The highest BCUT2D eigenvalue weighted by Crippen LogP contribution is 2.27.